The fourth-order valence-corrected chi connectivity index (χ4v) is 2.40. The topological polar surface area (TPSA) is 46.2 Å². The summed E-state index contributed by atoms with van der Waals surface area (Å²) < 4.78 is 22.2. The van der Waals surface area contributed by atoms with Crippen LogP contribution in [0.3, 0.4) is 0 Å². The maximum Gasteiger partial charge on any atom is 0.148 e. The number of hydrogen-bond donors (Lipinski definition) is 1. The van der Waals surface area contributed by atoms with Crippen molar-refractivity contribution in [2.24, 2.45) is 0 Å². The van der Waals surface area contributed by atoms with E-state index in [4.69, 9.17) is 11.6 Å². The number of rotatable bonds is 7. The number of sulfone groups is 1. The van der Waals surface area contributed by atoms with Crippen molar-refractivity contribution in [1.82, 2.24) is 5.32 Å². The Morgan fingerprint density at radius 1 is 1.28 bits per heavy atom. The molecule has 18 heavy (non-hydrogen) atoms. The lowest BCUT2D eigenvalue weighted by molar-refractivity contribution is 0.507. The molecule has 3 nitrogen and oxygen atoms in total. The van der Waals surface area contributed by atoms with Crippen molar-refractivity contribution in [1.29, 1.82) is 0 Å². The number of halogens is 1. The van der Waals surface area contributed by atoms with Crippen LogP contribution in [0.4, 0.5) is 0 Å². The second-order valence-electron chi connectivity index (χ2n) is 4.48. The summed E-state index contributed by atoms with van der Waals surface area (Å²) in [6.45, 7) is 2.59. The minimum absolute atomic E-state index is 0.167. The van der Waals surface area contributed by atoms with Gasteiger partial charge >= 0.3 is 0 Å². The van der Waals surface area contributed by atoms with E-state index in [2.05, 4.69) is 12.2 Å². The summed E-state index contributed by atoms with van der Waals surface area (Å²) in [4.78, 5) is 0. The summed E-state index contributed by atoms with van der Waals surface area (Å²) in [5.41, 5.74) is 1.15. The van der Waals surface area contributed by atoms with Gasteiger partial charge in [-0.15, -0.1) is 0 Å². The van der Waals surface area contributed by atoms with E-state index >= 15 is 0 Å². The summed E-state index contributed by atoms with van der Waals surface area (Å²) in [5, 5.41) is 4.00. The summed E-state index contributed by atoms with van der Waals surface area (Å²) in [6, 6.07) is 7.87. The zero-order valence-corrected chi connectivity index (χ0v) is 12.4. The van der Waals surface area contributed by atoms with Gasteiger partial charge in [-0.2, -0.15) is 0 Å². The molecule has 1 atom stereocenters. The molecular formula is C13H20ClNO2S. The fraction of sp³-hybridized carbons (Fsp3) is 0.538. The molecule has 0 saturated heterocycles. The zero-order valence-electron chi connectivity index (χ0n) is 10.8. The summed E-state index contributed by atoms with van der Waals surface area (Å²) in [7, 11) is -2.91. The maximum atomic E-state index is 11.1. The molecule has 0 saturated carbocycles. The Labute approximate surface area is 114 Å². The number of benzene rings is 1. The van der Waals surface area contributed by atoms with E-state index in [0.29, 0.717) is 11.6 Å². The van der Waals surface area contributed by atoms with Crippen molar-refractivity contribution in [3.63, 3.8) is 0 Å². The number of nitrogens with one attached hydrogen (secondary N) is 1. The Kier molecular flexibility index (Phi) is 6.12. The van der Waals surface area contributed by atoms with E-state index in [1.807, 2.05) is 24.3 Å². The Morgan fingerprint density at radius 2 is 1.89 bits per heavy atom. The quantitative estimate of drug-likeness (QED) is 0.839. The van der Waals surface area contributed by atoms with Crippen LogP contribution in [0.5, 0.6) is 0 Å². The average molecular weight is 290 g/mol. The number of hydrogen-bond acceptors (Lipinski definition) is 3. The third kappa shape index (κ3) is 5.85. The molecule has 5 heteroatoms. The predicted molar refractivity (Wildman–Crippen MR) is 76.8 cm³/mol. The zero-order chi connectivity index (χ0) is 13.6. The average Bonchev–Trinajstić information content (AvgIpc) is 2.27. The molecule has 0 aromatic heterocycles. The van der Waals surface area contributed by atoms with Crippen molar-refractivity contribution < 1.29 is 8.42 Å². The second kappa shape index (κ2) is 7.12. The largest absolute Gasteiger partial charge is 0.309 e. The van der Waals surface area contributed by atoms with Crippen LogP contribution < -0.4 is 5.32 Å². The predicted octanol–water partition coefficient (Wildman–Crippen LogP) is 2.82. The molecule has 0 heterocycles. The third-order valence-corrected chi connectivity index (χ3v) is 3.91. The highest BCUT2D eigenvalue weighted by molar-refractivity contribution is 7.90. The molecule has 0 aliphatic heterocycles. The van der Waals surface area contributed by atoms with Crippen molar-refractivity contribution in [3.8, 4) is 0 Å². The fourth-order valence-electron chi connectivity index (χ4n) is 1.79. The van der Waals surface area contributed by atoms with E-state index in [-0.39, 0.29) is 11.8 Å². The molecule has 1 unspecified atom stereocenters. The molecule has 1 N–H and O–H groups in total. The molecule has 0 radical (unpaired) electrons. The highest BCUT2D eigenvalue weighted by atomic mass is 35.5. The maximum absolute atomic E-state index is 11.1. The Morgan fingerprint density at radius 3 is 2.39 bits per heavy atom. The van der Waals surface area contributed by atoms with E-state index < -0.39 is 9.84 Å². The Hall–Kier alpha value is -0.580. The lowest BCUT2D eigenvalue weighted by atomic mass is 10.0. The van der Waals surface area contributed by atoms with E-state index in [1.165, 1.54) is 6.26 Å². The van der Waals surface area contributed by atoms with Gasteiger partial charge in [-0.1, -0.05) is 37.1 Å². The lowest BCUT2D eigenvalue weighted by Crippen LogP contribution is -2.27. The van der Waals surface area contributed by atoms with Crippen LogP contribution in [0, 0.1) is 0 Å². The molecule has 0 aliphatic rings. The molecule has 1 aromatic rings. The van der Waals surface area contributed by atoms with Gasteiger partial charge in [-0.05, 0) is 24.1 Å². The van der Waals surface area contributed by atoms with Gasteiger partial charge in [0.15, 0.2) is 0 Å². The molecule has 0 fully saturated rings. The van der Waals surface area contributed by atoms with E-state index in [9.17, 15) is 8.42 Å². The normalized spacial score (nSPS) is 13.5. The van der Waals surface area contributed by atoms with Crippen LogP contribution in [0.1, 0.15) is 31.4 Å². The summed E-state index contributed by atoms with van der Waals surface area (Å²) in [6.07, 6.45) is 3.27. The molecule has 1 aromatic carbocycles. The van der Waals surface area contributed by atoms with Gasteiger partial charge in [0.2, 0.25) is 0 Å². The SMILES string of the molecule is CCCC(NCCS(C)(=O)=O)c1ccc(Cl)cc1. The van der Waals surface area contributed by atoms with E-state index in [1.54, 1.807) is 0 Å². The molecule has 0 aliphatic carbocycles. The third-order valence-electron chi connectivity index (χ3n) is 2.71. The van der Waals surface area contributed by atoms with Crippen LogP contribution >= 0.6 is 11.6 Å². The van der Waals surface area contributed by atoms with Crippen molar-refractivity contribution in [2.45, 2.75) is 25.8 Å². The van der Waals surface area contributed by atoms with Crippen LogP contribution in [-0.2, 0) is 9.84 Å². The first-order chi connectivity index (χ1) is 8.42. The van der Waals surface area contributed by atoms with Crippen LogP contribution in [0.25, 0.3) is 0 Å². The second-order valence-corrected chi connectivity index (χ2v) is 7.17. The minimum atomic E-state index is -2.91. The standard InChI is InChI=1S/C13H20ClNO2S/c1-3-4-13(15-9-10-18(2,16)17)11-5-7-12(14)8-6-11/h5-8,13,15H,3-4,9-10H2,1-2H3. The van der Waals surface area contributed by atoms with Gasteiger partial charge in [0.1, 0.15) is 9.84 Å². The molecule has 102 valence electrons. The Bertz CT molecular complexity index is 456. The van der Waals surface area contributed by atoms with Gasteiger partial charge in [0.05, 0.1) is 5.75 Å². The van der Waals surface area contributed by atoms with Crippen LogP contribution in [0.15, 0.2) is 24.3 Å². The monoisotopic (exact) mass is 289 g/mol. The van der Waals surface area contributed by atoms with Crippen LogP contribution in [-0.4, -0.2) is 27.0 Å². The molecular weight excluding hydrogens is 270 g/mol. The van der Waals surface area contributed by atoms with Crippen molar-refractivity contribution in [2.75, 3.05) is 18.6 Å². The molecule has 0 amide bonds. The summed E-state index contributed by atoms with van der Waals surface area (Å²) in [5.74, 6) is 0.167. The van der Waals surface area contributed by atoms with Gasteiger partial charge < -0.3 is 5.32 Å². The van der Waals surface area contributed by atoms with Gasteiger partial charge in [0, 0.05) is 23.9 Å². The van der Waals surface area contributed by atoms with E-state index in [0.717, 1.165) is 18.4 Å². The van der Waals surface area contributed by atoms with Crippen molar-refractivity contribution >= 4 is 21.4 Å². The van der Waals surface area contributed by atoms with Gasteiger partial charge in [-0.3, -0.25) is 0 Å². The van der Waals surface area contributed by atoms with Crippen LogP contribution in [0.2, 0.25) is 5.02 Å². The first kappa shape index (κ1) is 15.5. The minimum Gasteiger partial charge on any atom is -0.309 e. The smallest absolute Gasteiger partial charge is 0.148 e. The highest BCUT2D eigenvalue weighted by Crippen LogP contribution is 2.20. The first-order valence-electron chi connectivity index (χ1n) is 6.09. The lowest BCUT2D eigenvalue weighted by Gasteiger charge is -2.18. The Balaban J connectivity index is 2.62. The first-order valence-corrected chi connectivity index (χ1v) is 8.53. The van der Waals surface area contributed by atoms with Gasteiger partial charge in [0.25, 0.3) is 0 Å². The van der Waals surface area contributed by atoms with Gasteiger partial charge in [-0.25, -0.2) is 8.42 Å². The molecule has 0 bridgehead atoms. The highest BCUT2D eigenvalue weighted by Gasteiger charge is 2.11. The molecule has 1 rings (SSSR count). The molecule has 0 spiro atoms. The summed E-state index contributed by atoms with van der Waals surface area (Å²) >= 11 is 5.86. The van der Waals surface area contributed by atoms with Crippen molar-refractivity contribution in [3.05, 3.63) is 34.9 Å².